The highest BCUT2D eigenvalue weighted by atomic mass is 32.2. The molecule has 1 aliphatic heterocycles. The van der Waals surface area contributed by atoms with E-state index in [1.165, 1.54) is 0 Å². The van der Waals surface area contributed by atoms with Gasteiger partial charge in [0.25, 0.3) is 0 Å². The number of nitrogens with zero attached hydrogens (tertiary/aromatic N) is 1. The van der Waals surface area contributed by atoms with Crippen LogP contribution >= 0.6 is 0 Å². The number of para-hydroxylation sites is 1. The Morgan fingerprint density at radius 3 is 1.97 bits per heavy atom. The molecule has 0 radical (unpaired) electrons. The fraction of sp³-hybridized carbons (Fsp3) is 0.480. The highest BCUT2D eigenvalue weighted by Crippen LogP contribution is 2.32. The normalized spacial score (nSPS) is 15.4. The maximum absolute atomic E-state index is 12.8. The van der Waals surface area contributed by atoms with Crippen LogP contribution in [0.4, 0.5) is 5.69 Å². The molecule has 31 heavy (non-hydrogen) atoms. The lowest BCUT2D eigenvalue weighted by Crippen LogP contribution is -2.35. The van der Waals surface area contributed by atoms with Crippen LogP contribution in [0.25, 0.3) is 0 Å². The van der Waals surface area contributed by atoms with E-state index in [2.05, 4.69) is 45.1 Å². The lowest BCUT2D eigenvalue weighted by molar-refractivity contribution is -0.115. The number of carbonyl (C=O) groups excluding carboxylic acids is 1. The Kier molecular flexibility index (Phi) is 7.55. The van der Waals surface area contributed by atoms with Crippen molar-refractivity contribution in [2.45, 2.75) is 70.1 Å². The first-order valence-electron chi connectivity index (χ1n) is 11.2. The van der Waals surface area contributed by atoms with Crippen molar-refractivity contribution in [3.8, 4) is 0 Å². The summed E-state index contributed by atoms with van der Waals surface area (Å²) in [5, 5.41) is 3.12. The Bertz CT molecular complexity index is 979. The van der Waals surface area contributed by atoms with Gasteiger partial charge >= 0.3 is 0 Å². The monoisotopic (exact) mass is 442 g/mol. The molecule has 1 amide bonds. The number of nitrogens with one attached hydrogen (secondary N) is 1. The van der Waals surface area contributed by atoms with Gasteiger partial charge in [-0.3, -0.25) is 4.79 Å². The molecule has 3 rings (SSSR count). The molecule has 0 spiro atoms. The summed E-state index contributed by atoms with van der Waals surface area (Å²) >= 11 is 0. The first-order chi connectivity index (χ1) is 14.7. The van der Waals surface area contributed by atoms with Crippen molar-refractivity contribution in [3.63, 3.8) is 0 Å². The molecule has 2 aromatic rings. The minimum absolute atomic E-state index is 0.0957. The number of sulfonamides is 1. The number of piperidine rings is 1. The van der Waals surface area contributed by atoms with Gasteiger partial charge in [-0.1, -0.05) is 64.4 Å². The molecule has 0 unspecified atom stereocenters. The van der Waals surface area contributed by atoms with Crippen molar-refractivity contribution >= 4 is 21.6 Å². The van der Waals surface area contributed by atoms with Crippen LogP contribution in [0.15, 0.2) is 47.4 Å². The van der Waals surface area contributed by atoms with Gasteiger partial charge in [-0.25, -0.2) is 8.42 Å². The fourth-order valence-electron chi connectivity index (χ4n) is 4.10. The summed E-state index contributed by atoms with van der Waals surface area (Å²) in [6.07, 6.45) is 3.11. The Hall–Kier alpha value is -2.18. The van der Waals surface area contributed by atoms with Gasteiger partial charge in [-0.2, -0.15) is 4.31 Å². The van der Waals surface area contributed by atoms with E-state index in [0.29, 0.717) is 29.8 Å². The van der Waals surface area contributed by atoms with E-state index in [1.807, 2.05) is 6.07 Å². The standard InChI is InChI=1S/C25H34N2O3S/c1-18(2)22-9-8-10-23(19(3)4)25(22)26-24(28)17-20-11-13-21(14-12-20)31(29,30)27-15-6-5-7-16-27/h8-14,18-19H,5-7,15-17H2,1-4H3,(H,26,28). The SMILES string of the molecule is CC(C)c1cccc(C(C)C)c1NC(=O)Cc1ccc(S(=O)(=O)N2CCCCC2)cc1. The molecule has 0 aliphatic carbocycles. The van der Waals surface area contributed by atoms with Gasteiger partial charge in [0, 0.05) is 18.8 Å². The van der Waals surface area contributed by atoms with E-state index in [9.17, 15) is 13.2 Å². The summed E-state index contributed by atoms with van der Waals surface area (Å²) in [6, 6.07) is 12.9. The van der Waals surface area contributed by atoms with Crippen molar-refractivity contribution in [2.75, 3.05) is 18.4 Å². The van der Waals surface area contributed by atoms with E-state index < -0.39 is 10.0 Å². The average molecular weight is 443 g/mol. The van der Waals surface area contributed by atoms with Gasteiger partial charge in [-0.15, -0.1) is 0 Å². The van der Waals surface area contributed by atoms with Crippen LogP contribution in [0.3, 0.4) is 0 Å². The number of anilines is 1. The molecule has 1 aliphatic rings. The molecule has 1 saturated heterocycles. The molecular weight excluding hydrogens is 408 g/mol. The largest absolute Gasteiger partial charge is 0.325 e. The molecule has 5 nitrogen and oxygen atoms in total. The van der Waals surface area contributed by atoms with Crippen LogP contribution < -0.4 is 5.32 Å². The molecule has 1 N–H and O–H groups in total. The van der Waals surface area contributed by atoms with Crippen LogP contribution in [0, 0.1) is 0 Å². The average Bonchev–Trinajstić information content (AvgIpc) is 2.74. The van der Waals surface area contributed by atoms with Crippen LogP contribution in [0.2, 0.25) is 0 Å². The first-order valence-corrected chi connectivity index (χ1v) is 12.7. The van der Waals surface area contributed by atoms with Gasteiger partial charge in [0.15, 0.2) is 0 Å². The van der Waals surface area contributed by atoms with Crippen molar-refractivity contribution in [3.05, 3.63) is 59.2 Å². The van der Waals surface area contributed by atoms with Crippen LogP contribution in [0.5, 0.6) is 0 Å². The van der Waals surface area contributed by atoms with Crippen molar-refractivity contribution < 1.29 is 13.2 Å². The van der Waals surface area contributed by atoms with Crippen LogP contribution in [-0.2, 0) is 21.2 Å². The quantitative estimate of drug-likeness (QED) is 0.634. The Morgan fingerprint density at radius 2 is 1.45 bits per heavy atom. The van der Waals surface area contributed by atoms with E-state index in [1.54, 1.807) is 28.6 Å². The van der Waals surface area contributed by atoms with Crippen LogP contribution in [-0.4, -0.2) is 31.7 Å². The lowest BCUT2D eigenvalue weighted by Gasteiger charge is -2.25. The topological polar surface area (TPSA) is 66.5 Å². The Morgan fingerprint density at radius 1 is 0.903 bits per heavy atom. The van der Waals surface area contributed by atoms with Gasteiger partial charge in [0.1, 0.15) is 0 Å². The van der Waals surface area contributed by atoms with Gasteiger partial charge in [0.2, 0.25) is 15.9 Å². The molecule has 0 bridgehead atoms. The predicted octanol–water partition coefficient (Wildman–Crippen LogP) is 5.29. The molecule has 168 valence electrons. The molecule has 0 aromatic heterocycles. The molecule has 1 heterocycles. The number of carbonyl (C=O) groups is 1. The first kappa shape index (κ1) is 23.5. The highest BCUT2D eigenvalue weighted by Gasteiger charge is 2.25. The summed E-state index contributed by atoms with van der Waals surface area (Å²) in [7, 11) is -3.45. The van der Waals surface area contributed by atoms with Gasteiger partial charge in [-0.05, 0) is 53.5 Å². The molecular formula is C25H34N2O3S. The second kappa shape index (κ2) is 9.96. The van der Waals surface area contributed by atoms with Gasteiger partial charge < -0.3 is 5.32 Å². The Labute approximate surface area is 186 Å². The minimum Gasteiger partial charge on any atom is -0.325 e. The number of benzene rings is 2. The molecule has 0 atom stereocenters. The summed E-state index contributed by atoms with van der Waals surface area (Å²) in [4.78, 5) is 13.1. The van der Waals surface area contributed by atoms with Crippen molar-refractivity contribution in [2.24, 2.45) is 0 Å². The molecule has 2 aromatic carbocycles. The van der Waals surface area contributed by atoms with Gasteiger partial charge in [0.05, 0.1) is 11.3 Å². The predicted molar refractivity (Wildman–Crippen MR) is 126 cm³/mol. The summed E-state index contributed by atoms with van der Waals surface area (Å²) in [5.41, 5.74) is 3.95. The van der Waals surface area contributed by atoms with E-state index >= 15 is 0 Å². The summed E-state index contributed by atoms with van der Waals surface area (Å²) in [5.74, 6) is 0.503. The fourth-order valence-corrected chi connectivity index (χ4v) is 5.62. The zero-order valence-corrected chi connectivity index (χ0v) is 19.8. The zero-order chi connectivity index (χ0) is 22.6. The molecule has 6 heteroatoms. The molecule has 0 saturated carbocycles. The van der Waals surface area contributed by atoms with E-state index in [4.69, 9.17) is 0 Å². The summed E-state index contributed by atoms with van der Waals surface area (Å²) in [6.45, 7) is 9.65. The number of hydrogen-bond acceptors (Lipinski definition) is 3. The zero-order valence-electron chi connectivity index (χ0n) is 19.0. The number of amides is 1. The maximum atomic E-state index is 12.8. The van der Waals surface area contributed by atoms with Crippen LogP contribution in [0.1, 0.15) is 75.5 Å². The summed E-state index contributed by atoms with van der Waals surface area (Å²) < 4.78 is 27.2. The lowest BCUT2D eigenvalue weighted by atomic mass is 9.92. The smallest absolute Gasteiger partial charge is 0.243 e. The third kappa shape index (κ3) is 5.55. The van der Waals surface area contributed by atoms with E-state index in [-0.39, 0.29) is 12.3 Å². The third-order valence-corrected chi connectivity index (χ3v) is 7.79. The second-order valence-electron chi connectivity index (χ2n) is 8.95. The number of rotatable bonds is 7. The molecule has 1 fully saturated rings. The van der Waals surface area contributed by atoms with Crippen molar-refractivity contribution in [1.82, 2.24) is 4.31 Å². The van der Waals surface area contributed by atoms with E-state index in [0.717, 1.165) is 41.6 Å². The maximum Gasteiger partial charge on any atom is 0.243 e. The third-order valence-electron chi connectivity index (χ3n) is 5.88. The highest BCUT2D eigenvalue weighted by molar-refractivity contribution is 7.89. The number of hydrogen-bond donors (Lipinski definition) is 1. The second-order valence-corrected chi connectivity index (χ2v) is 10.9. The Balaban J connectivity index is 1.74. The minimum atomic E-state index is -3.45. The van der Waals surface area contributed by atoms with Crippen molar-refractivity contribution in [1.29, 1.82) is 0 Å².